The number of nitrogens with zero attached hydrogens (tertiary/aromatic N) is 1. The smallest absolute Gasteiger partial charge is 0.261 e. The number of rotatable bonds is 12. The van der Waals surface area contributed by atoms with Gasteiger partial charge in [0.1, 0.15) is 0 Å². The molecule has 25 heavy (non-hydrogen) atoms. The van der Waals surface area contributed by atoms with Gasteiger partial charge in [0.15, 0.2) is 0 Å². The van der Waals surface area contributed by atoms with Crippen molar-refractivity contribution < 1.29 is 9.59 Å². The minimum absolute atomic E-state index is 0.123. The van der Waals surface area contributed by atoms with Crippen molar-refractivity contribution in [2.75, 3.05) is 6.54 Å². The largest absolute Gasteiger partial charge is 0.274 e. The molecule has 0 aliphatic carbocycles. The highest BCUT2D eigenvalue weighted by atomic mass is 16.2. The second kappa shape index (κ2) is 10.4. The Hall–Kier alpha value is -1.64. The Labute approximate surface area is 152 Å². The van der Waals surface area contributed by atoms with Gasteiger partial charge in [0.25, 0.3) is 11.8 Å². The van der Waals surface area contributed by atoms with Crippen LogP contribution < -0.4 is 0 Å². The first kappa shape index (κ1) is 19.7. The third-order valence-corrected chi connectivity index (χ3v) is 5.04. The van der Waals surface area contributed by atoms with E-state index in [2.05, 4.69) is 13.8 Å². The lowest BCUT2D eigenvalue weighted by molar-refractivity contribution is 0.0651. The fourth-order valence-corrected chi connectivity index (χ4v) is 3.50. The predicted molar refractivity (Wildman–Crippen MR) is 103 cm³/mol. The summed E-state index contributed by atoms with van der Waals surface area (Å²) >= 11 is 0. The minimum Gasteiger partial charge on any atom is -0.274 e. The van der Waals surface area contributed by atoms with E-state index in [4.69, 9.17) is 0 Å². The average Bonchev–Trinajstić information content (AvgIpc) is 2.84. The Morgan fingerprint density at radius 2 is 1.16 bits per heavy atom. The molecule has 1 aromatic carbocycles. The van der Waals surface area contributed by atoms with E-state index in [1.54, 1.807) is 12.1 Å². The van der Waals surface area contributed by atoms with Gasteiger partial charge in [0, 0.05) is 6.54 Å². The molecule has 0 bridgehead atoms. The van der Waals surface area contributed by atoms with Crippen LogP contribution in [0.1, 0.15) is 98.8 Å². The molecule has 0 fully saturated rings. The molecule has 0 radical (unpaired) electrons. The van der Waals surface area contributed by atoms with Crippen LogP contribution in [-0.4, -0.2) is 23.3 Å². The molecule has 0 unspecified atom stereocenters. The van der Waals surface area contributed by atoms with Crippen molar-refractivity contribution in [3.8, 4) is 0 Å². The van der Waals surface area contributed by atoms with E-state index < -0.39 is 0 Å². The van der Waals surface area contributed by atoms with Crippen LogP contribution in [0.4, 0.5) is 0 Å². The lowest BCUT2D eigenvalue weighted by Gasteiger charge is -2.13. The highest BCUT2D eigenvalue weighted by Crippen LogP contribution is 2.23. The molecule has 0 saturated carbocycles. The maximum Gasteiger partial charge on any atom is 0.261 e. The summed E-state index contributed by atoms with van der Waals surface area (Å²) in [6.07, 6.45) is 12.6. The highest BCUT2D eigenvalue weighted by Gasteiger charge is 2.34. The zero-order valence-electron chi connectivity index (χ0n) is 15.9. The van der Waals surface area contributed by atoms with Crippen LogP contribution in [0.3, 0.4) is 0 Å². The van der Waals surface area contributed by atoms with Crippen LogP contribution in [0.15, 0.2) is 24.3 Å². The van der Waals surface area contributed by atoms with Crippen LogP contribution in [0.5, 0.6) is 0 Å². The second-order valence-corrected chi connectivity index (χ2v) is 7.67. The van der Waals surface area contributed by atoms with Gasteiger partial charge in [-0.25, -0.2) is 0 Å². The van der Waals surface area contributed by atoms with Crippen molar-refractivity contribution in [2.24, 2.45) is 5.92 Å². The standard InChI is InChI=1S/C22H33NO2/c1-18(2)14-10-8-6-4-3-5-7-9-13-17-23-21(24)19-15-11-12-16-20(19)22(23)25/h11-12,15-16,18H,3-10,13-14,17H2,1-2H3. The summed E-state index contributed by atoms with van der Waals surface area (Å²) in [5, 5.41) is 0. The number of carbonyl (C=O) groups excluding carboxylic acids is 2. The molecule has 0 spiro atoms. The predicted octanol–water partition coefficient (Wildman–Crippen LogP) is 5.84. The van der Waals surface area contributed by atoms with E-state index in [0.717, 1.165) is 18.8 Å². The van der Waals surface area contributed by atoms with Gasteiger partial charge in [-0.1, -0.05) is 83.8 Å². The van der Waals surface area contributed by atoms with Gasteiger partial charge in [-0.15, -0.1) is 0 Å². The molecule has 3 nitrogen and oxygen atoms in total. The topological polar surface area (TPSA) is 37.4 Å². The third-order valence-electron chi connectivity index (χ3n) is 5.04. The van der Waals surface area contributed by atoms with Gasteiger partial charge in [-0.3, -0.25) is 14.5 Å². The maximum atomic E-state index is 12.2. The van der Waals surface area contributed by atoms with E-state index in [0.29, 0.717) is 17.7 Å². The fraction of sp³-hybridized carbons (Fsp3) is 0.636. The monoisotopic (exact) mass is 343 g/mol. The highest BCUT2D eigenvalue weighted by molar-refractivity contribution is 6.21. The fourth-order valence-electron chi connectivity index (χ4n) is 3.50. The quantitative estimate of drug-likeness (QED) is 0.353. The molecule has 2 rings (SSSR count). The lowest BCUT2D eigenvalue weighted by atomic mass is 10.0. The number of amides is 2. The molecular formula is C22H33NO2. The molecule has 0 saturated heterocycles. The summed E-state index contributed by atoms with van der Waals surface area (Å²) in [5.74, 6) is 0.589. The van der Waals surface area contributed by atoms with Gasteiger partial charge in [0.05, 0.1) is 11.1 Å². The molecule has 1 aliphatic heterocycles. The van der Waals surface area contributed by atoms with Crippen molar-refractivity contribution in [1.29, 1.82) is 0 Å². The number of unbranched alkanes of at least 4 members (excludes halogenated alkanes) is 8. The number of hydrogen-bond acceptors (Lipinski definition) is 2. The van der Waals surface area contributed by atoms with Crippen LogP contribution >= 0.6 is 0 Å². The first-order chi connectivity index (χ1) is 12.1. The molecule has 138 valence electrons. The normalized spacial score (nSPS) is 13.8. The molecule has 1 heterocycles. The van der Waals surface area contributed by atoms with Crippen molar-refractivity contribution in [3.63, 3.8) is 0 Å². The average molecular weight is 344 g/mol. The molecule has 2 amide bonds. The molecule has 0 atom stereocenters. The first-order valence-electron chi connectivity index (χ1n) is 10.1. The number of benzene rings is 1. The summed E-state index contributed by atoms with van der Waals surface area (Å²) in [5.41, 5.74) is 1.12. The van der Waals surface area contributed by atoms with Crippen molar-refractivity contribution >= 4 is 11.8 Å². The molecular weight excluding hydrogens is 310 g/mol. The number of carbonyl (C=O) groups is 2. The van der Waals surface area contributed by atoms with E-state index in [1.807, 2.05) is 12.1 Å². The summed E-state index contributed by atoms with van der Waals surface area (Å²) in [4.78, 5) is 25.9. The second-order valence-electron chi connectivity index (χ2n) is 7.67. The van der Waals surface area contributed by atoms with Gasteiger partial charge in [-0.05, 0) is 24.5 Å². The Bertz CT molecular complexity index is 530. The van der Waals surface area contributed by atoms with Crippen molar-refractivity contribution in [1.82, 2.24) is 4.90 Å². The van der Waals surface area contributed by atoms with E-state index in [1.165, 1.54) is 56.3 Å². The minimum atomic E-state index is -0.123. The Balaban J connectivity index is 1.50. The molecule has 0 aromatic heterocycles. The summed E-state index contributed by atoms with van der Waals surface area (Å²) in [6.45, 7) is 5.14. The Morgan fingerprint density at radius 3 is 1.64 bits per heavy atom. The summed E-state index contributed by atoms with van der Waals surface area (Å²) in [6, 6.07) is 7.13. The Morgan fingerprint density at radius 1 is 0.720 bits per heavy atom. The van der Waals surface area contributed by atoms with E-state index in [-0.39, 0.29) is 11.8 Å². The van der Waals surface area contributed by atoms with Crippen molar-refractivity contribution in [2.45, 2.75) is 78.1 Å². The third kappa shape index (κ3) is 5.98. The van der Waals surface area contributed by atoms with Gasteiger partial charge in [0.2, 0.25) is 0 Å². The molecule has 0 N–H and O–H groups in total. The van der Waals surface area contributed by atoms with E-state index >= 15 is 0 Å². The van der Waals surface area contributed by atoms with Crippen LogP contribution in [0.2, 0.25) is 0 Å². The number of imide groups is 1. The number of fused-ring (bicyclic) bond motifs is 1. The van der Waals surface area contributed by atoms with E-state index in [9.17, 15) is 9.59 Å². The van der Waals surface area contributed by atoms with Crippen molar-refractivity contribution in [3.05, 3.63) is 35.4 Å². The molecule has 3 heteroatoms. The maximum absolute atomic E-state index is 12.2. The lowest BCUT2D eigenvalue weighted by Crippen LogP contribution is -2.30. The summed E-state index contributed by atoms with van der Waals surface area (Å²) < 4.78 is 0. The SMILES string of the molecule is CC(C)CCCCCCCCCCCN1C(=O)c2ccccc2C1=O. The van der Waals surface area contributed by atoms with Crippen LogP contribution in [0, 0.1) is 5.92 Å². The van der Waals surface area contributed by atoms with Gasteiger partial charge < -0.3 is 0 Å². The van der Waals surface area contributed by atoms with Gasteiger partial charge in [-0.2, -0.15) is 0 Å². The zero-order chi connectivity index (χ0) is 18.1. The van der Waals surface area contributed by atoms with Crippen LogP contribution in [-0.2, 0) is 0 Å². The molecule has 1 aliphatic rings. The summed E-state index contributed by atoms with van der Waals surface area (Å²) in [7, 11) is 0. The first-order valence-corrected chi connectivity index (χ1v) is 10.1. The zero-order valence-corrected chi connectivity index (χ0v) is 15.9. The van der Waals surface area contributed by atoms with Gasteiger partial charge >= 0.3 is 0 Å². The molecule has 1 aromatic rings. The number of hydrogen-bond donors (Lipinski definition) is 0. The Kier molecular flexibility index (Phi) is 8.17. The van der Waals surface area contributed by atoms with Crippen LogP contribution in [0.25, 0.3) is 0 Å².